The third-order valence-corrected chi connectivity index (χ3v) is 4.93. The summed E-state index contributed by atoms with van der Waals surface area (Å²) in [5.74, 6) is 0.932. The minimum atomic E-state index is -0.125. The topological polar surface area (TPSA) is 72.5 Å². The lowest BCUT2D eigenvalue weighted by Crippen LogP contribution is -2.51. The summed E-state index contributed by atoms with van der Waals surface area (Å²) in [5, 5.41) is 9.43. The largest absolute Gasteiger partial charge is 0.395 e. The summed E-state index contributed by atoms with van der Waals surface area (Å²) >= 11 is 0. The summed E-state index contributed by atoms with van der Waals surface area (Å²) in [5.41, 5.74) is 2.12. The number of hydrogen-bond acceptors (Lipinski definition) is 4. The van der Waals surface area contributed by atoms with Crippen LogP contribution in [-0.4, -0.2) is 56.5 Å². The van der Waals surface area contributed by atoms with Gasteiger partial charge in [0.1, 0.15) is 5.82 Å². The van der Waals surface area contributed by atoms with E-state index in [0.717, 1.165) is 43.9 Å². The van der Waals surface area contributed by atoms with Gasteiger partial charge in [0, 0.05) is 13.1 Å². The van der Waals surface area contributed by atoms with E-state index in [4.69, 9.17) is 0 Å². The van der Waals surface area contributed by atoms with Crippen molar-refractivity contribution in [1.82, 2.24) is 19.8 Å². The number of carbonyl (C=O) groups is 1. The molecule has 0 aliphatic carbocycles. The second-order valence-electron chi connectivity index (χ2n) is 6.94. The first kappa shape index (κ1) is 18.6. The van der Waals surface area contributed by atoms with Gasteiger partial charge in [0.05, 0.1) is 31.1 Å². The van der Waals surface area contributed by atoms with E-state index in [2.05, 4.69) is 27.0 Å². The molecule has 0 saturated carbocycles. The average Bonchev–Trinajstić information content (AvgIpc) is 3.07. The molecule has 1 aromatic heterocycles. The molecule has 0 bridgehead atoms. The Kier molecular flexibility index (Phi) is 6.41. The zero-order valence-electron chi connectivity index (χ0n) is 15.4. The molecule has 1 unspecified atom stereocenters. The molecule has 1 aliphatic heterocycles. The van der Waals surface area contributed by atoms with E-state index in [1.54, 1.807) is 11.1 Å². The summed E-state index contributed by atoms with van der Waals surface area (Å²) in [4.78, 5) is 24.7. The molecule has 1 aromatic carbocycles. The average molecular weight is 356 g/mol. The maximum atomic E-state index is 13.2. The molecule has 26 heavy (non-hydrogen) atoms. The van der Waals surface area contributed by atoms with Crippen molar-refractivity contribution in [3.8, 4) is 0 Å². The highest BCUT2D eigenvalue weighted by Crippen LogP contribution is 2.22. The molecule has 3 rings (SSSR count). The van der Waals surface area contributed by atoms with Gasteiger partial charge in [0.15, 0.2) is 0 Å². The molecule has 1 aliphatic rings. The molecule has 2 aromatic rings. The molecular weight excluding hydrogens is 328 g/mol. The van der Waals surface area contributed by atoms with Gasteiger partial charge in [-0.1, -0.05) is 36.8 Å². The second-order valence-corrected chi connectivity index (χ2v) is 6.94. The summed E-state index contributed by atoms with van der Waals surface area (Å²) in [7, 11) is 0. The van der Waals surface area contributed by atoms with E-state index in [0.29, 0.717) is 13.1 Å². The number of aromatic nitrogens is 2. The number of aryl methyl sites for hydroxylation is 1. The molecule has 1 fully saturated rings. The lowest BCUT2D eigenvalue weighted by Gasteiger charge is -2.37. The Morgan fingerprint density at radius 3 is 2.85 bits per heavy atom. The number of benzene rings is 1. The Balaban J connectivity index is 1.72. The van der Waals surface area contributed by atoms with Crippen molar-refractivity contribution in [1.29, 1.82) is 0 Å². The first-order valence-electron chi connectivity index (χ1n) is 9.35. The van der Waals surface area contributed by atoms with Gasteiger partial charge in [-0.05, 0) is 31.9 Å². The number of amides is 1. The molecule has 6 nitrogen and oxygen atoms in total. The molecule has 1 atom stereocenters. The number of nitrogens with zero attached hydrogens (tertiary/aromatic N) is 3. The van der Waals surface area contributed by atoms with E-state index < -0.39 is 0 Å². The fraction of sp³-hybridized carbons (Fsp3) is 0.500. The molecule has 140 valence electrons. The summed E-state index contributed by atoms with van der Waals surface area (Å²) < 4.78 is 0. The molecule has 1 amide bonds. The van der Waals surface area contributed by atoms with E-state index in [9.17, 15) is 9.90 Å². The smallest absolute Gasteiger partial charge is 0.240 e. The van der Waals surface area contributed by atoms with Crippen molar-refractivity contribution in [2.75, 3.05) is 19.7 Å². The Bertz CT molecular complexity index is 701. The van der Waals surface area contributed by atoms with Crippen molar-refractivity contribution in [2.45, 2.75) is 45.3 Å². The predicted molar refractivity (Wildman–Crippen MR) is 100 cm³/mol. The molecule has 2 heterocycles. The van der Waals surface area contributed by atoms with E-state index in [1.165, 1.54) is 5.56 Å². The Hall–Kier alpha value is -2.18. The van der Waals surface area contributed by atoms with Gasteiger partial charge < -0.3 is 15.0 Å². The van der Waals surface area contributed by atoms with Crippen LogP contribution in [0.2, 0.25) is 0 Å². The first-order valence-corrected chi connectivity index (χ1v) is 9.35. The Labute approximate surface area is 154 Å². The van der Waals surface area contributed by atoms with Gasteiger partial charge in [-0.15, -0.1) is 0 Å². The van der Waals surface area contributed by atoms with Crippen LogP contribution in [0.25, 0.3) is 0 Å². The summed E-state index contributed by atoms with van der Waals surface area (Å²) in [6.07, 6.45) is 4.82. The number of nitrogens with one attached hydrogen (secondary N) is 1. The number of aliphatic hydroxyl groups is 1. The van der Waals surface area contributed by atoms with Crippen LogP contribution in [0.4, 0.5) is 0 Å². The summed E-state index contributed by atoms with van der Waals surface area (Å²) in [6.45, 7) is 4.37. The van der Waals surface area contributed by atoms with E-state index in [-0.39, 0.29) is 18.6 Å². The second kappa shape index (κ2) is 8.96. The number of piperidine rings is 1. The van der Waals surface area contributed by atoms with Crippen LogP contribution >= 0.6 is 0 Å². The quantitative estimate of drug-likeness (QED) is 0.797. The number of hydrogen-bond donors (Lipinski definition) is 2. The van der Waals surface area contributed by atoms with Crippen LogP contribution < -0.4 is 0 Å². The molecule has 0 radical (unpaired) electrons. The normalized spacial score (nSPS) is 18.0. The Morgan fingerprint density at radius 2 is 2.15 bits per heavy atom. The highest BCUT2D eigenvalue weighted by Gasteiger charge is 2.32. The van der Waals surface area contributed by atoms with Gasteiger partial charge in [-0.3, -0.25) is 9.69 Å². The highest BCUT2D eigenvalue weighted by molar-refractivity contribution is 5.82. The van der Waals surface area contributed by atoms with Gasteiger partial charge in [0.25, 0.3) is 0 Å². The van der Waals surface area contributed by atoms with Crippen molar-refractivity contribution < 1.29 is 9.90 Å². The molecule has 2 N–H and O–H groups in total. The van der Waals surface area contributed by atoms with Gasteiger partial charge in [0.2, 0.25) is 5.91 Å². The van der Waals surface area contributed by atoms with E-state index >= 15 is 0 Å². The van der Waals surface area contributed by atoms with Crippen molar-refractivity contribution in [3.05, 3.63) is 53.6 Å². The van der Waals surface area contributed by atoms with Crippen molar-refractivity contribution >= 4 is 5.91 Å². The number of H-pyrrole nitrogens is 1. The number of rotatable bonds is 7. The fourth-order valence-corrected chi connectivity index (χ4v) is 3.63. The van der Waals surface area contributed by atoms with Crippen molar-refractivity contribution in [3.63, 3.8) is 0 Å². The minimum Gasteiger partial charge on any atom is -0.395 e. The van der Waals surface area contributed by atoms with Crippen LogP contribution in [0.15, 0.2) is 36.5 Å². The monoisotopic (exact) mass is 356 g/mol. The maximum absolute atomic E-state index is 13.2. The molecule has 6 heteroatoms. The maximum Gasteiger partial charge on any atom is 0.240 e. The minimum absolute atomic E-state index is 0.0374. The SMILES string of the molecule is Cc1ncc(CN(CCO)C(=O)C2CCCCN2Cc2ccccc2)[nH]1. The molecule has 1 saturated heterocycles. The zero-order chi connectivity index (χ0) is 18.4. The van der Waals surface area contributed by atoms with Crippen LogP contribution in [0.5, 0.6) is 0 Å². The third kappa shape index (κ3) is 4.71. The number of imidazole rings is 1. The number of aliphatic hydroxyl groups excluding tert-OH is 1. The van der Waals surface area contributed by atoms with Crippen molar-refractivity contribution in [2.24, 2.45) is 0 Å². The lowest BCUT2D eigenvalue weighted by atomic mass is 9.99. The van der Waals surface area contributed by atoms with Crippen LogP contribution in [-0.2, 0) is 17.9 Å². The number of likely N-dealkylation sites (tertiary alicyclic amines) is 1. The number of aromatic amines is 1. The van der Waals surface area contributed by atoms with Gasteiger partial charge in [-0.2, -0.15) is 0 Å². The third-order valence-electron chi connectivity index (χ3n) is 4.93. The first-order chi connectivity index (χ1) is 12.7. The van der Waals surface area contributed by atoms with Gasteiger partial charge in [-0.25, -0.2) is 4.98 Å². The summed E-state index contributed by atoms with van der Waals surface area (Å²) in [6, 6.07) is 10.2. The number of carbonyl (C=O) groups excluding carboxylic acids is 1. The van der Waals surface area contributed by atoms with E-state index in [1.807, 2.05) is 25.1 Å². The van der Waals surface area contributed by atoms with Crippen LogP contribution in [0.1, 0.15) is 36.3 Å². The van der Waals surface area contributed by atoms with Crippen LogP contribution in [0.3, 0.4) is 0 Å². The molecule has 0 spiro atoms. The molecular formula is C20H28N4O2. The predicted octanol–water partition coefficient (Wildman–Crippen LogP) is 2.09. The lowest BCUT2D eigenvalue weighted by molar-refractivity contribution is -0.139. The Morgan fingerprint density at radius 1 is 1.35 bits per heavy atom. The standard InChI is InChI=1S/C20H28N4O2/c1-16-21-13-18(22-16)15-24(11-12-25)20(26)19-9-5-6-10-23(19)14-17-7-3-2-4-8-17/h2-4,7-8,13,19,25H,5-6,9-12,14-15H2,1H3,(H,21,22). The fourth-order valence-electron chi connectivity index (χ4n) is 3.63. The highest BCUT2D eigenvalue weighted by atomic mass is 16.3. The van der Waals surface area contributed by atoms with Crippen LogP contribution in [0, 0.1) is 6.92 Å². The zero-order valence-corrected chi connectivity index (χ0v) is 15.4. The van der Waals surface area contributed by atoms with Gasteiger partial charge >= 0.3 is 0 Å².